The van der Waals surface area contributed by atoms with Gasteiger partial charge in [-0.25, -0.2) is 4.98 Å². The Labute approximate surface area is 165 Å². The second kappa shape index (κ2) is 7.85. The molecule has 0 fully saturated rings. The molecule has 0 bridgehead atoms. The first-order valence-electron chi connectivity index (χ1n) is 8.98. The van der Waals surface area contributed by atoms with E-state index in [9.17, 15) is 4.21 Å². The lowest BCUT2D eigenvalue weighted by molar-refractivity contribution is 0.678. The normalized spacial score (nSPS) is 12.2. The molecule has 1 atom stereocenters. The van der Waals surface area contributed by atoms with Gasteiger partial charge < -0.3 is 5.32 Å². The minimum atomic E-state index is -1.27. The summed E-state index contributed by atoms with van der Waals surface area (Å²) in [7, 11) is -1.27. The van der Waals surface area contributed by atoms with E-state index in [0.717, 1.165) is 28.8 Å². The summed E-state index contributed by atoms with van der Waals surface area (Å²) in [4.78, 5) is 13.2. The number of nitrogens with one attached hydrogen (secondary N) is 1. The average molecular weight is 392 g/mol. The van der Waals surface area contributed by atoms with E-state index in [1.807, 2.05) is 37.3 Å². The van der Waals surface area contributed by atoms with Crippen molar-refractivity contribution in [1.82, 2.24) is 24.6 Å². The maximum absolute atomic E-state index is 11.9. The fourth-order valence-electron chi connectivity index (χ4n) is 2.90. The molecule has 0 aliphatic carbocycles. The summed E-state index contributed by atoms with van der Waals surface area (Å²) >= 11 is 0. The van der Waals surface area contributed by atoms with Crippen LogP contribution in [0.3, 0.4) is 0 Å². The second-order valence-electron chi connectivity index (χ2n) is 6.31. The van der Waals surface area contributed by atoms with Crippen molar-refractivity contribution in [2.75, 3.05) is 11.6 Å². The Morgan fingerprint density at radius 3 is 2.61 bits per heavy atom. The van der Waals surface area contributed by atoms with Crippen molar-refractivity contribution in [2.24, 2.45) is 0 Å². The third-order valence-electron chi connectivity index (χ3n) is 4.42. The molecule has 1 aromatic carbocycles. The van der Waals surface area contributed by atoms with Crippen LogP contribution in [-0.4, -0.2) is 35.0 Å². The number of pyridine rings is 1. The van der Waals surface area contributed by atoms with Gasteiger partial charge in [0.15, 0.2) is 5.65 Å². The first-order valence-corrected chi connectivity index (χ1v) is 10.5. The van der Waals surface area contributed by atoms with Gasteiger partial charge in [-0.2, -0.15) is 14.6 Å². The van der Waals surface area contributed by atoms with E-state index in [4.69, 9.17) is 0 Å². The zero-order chi connectivity index (χ0) is 19.5. The third-order valence-corrected chi connectivity index (χ3v) is 5.12. The van der Waals surface area contributed by atoms with E-state index >= 15 is 0 Å². The fourth-order valence-corrected chi connectivity index (χ4v) is 3.33. The molecule has 3 heterocycles. The molecule has 0 radical (unpaired) electrons. The molecule has 0 saturated heterocycles. The van der Waals surface area contributed by atoms with Crippen LogP contribution in [0.5, 0.6) is 0 Å². The number of aryl methyl sites for hydroxylation is 1. The Morgan fingerprint density at radius 1 is 1.11 bits per heavy atom. The topological polar surface area (TPSA) is 85.1 Å². The monoisotopic (exact) mass is 392 g/mol. The minimum absolute atomic E-state index is 0.302. The fraction of sp³-hybridized carbons (Fsp3) is 0.200. The molecule has 0 saturated carbocycles. The minimum Gasteiger partial charge on any atom is -0.350 e. The summed E-state index contributed by atoms with van der Waals surface area (Å²) in [5.74, 6) is 0.531. The van der Waals surface area contributed by atoms with Crippen molar-refractivity contribution in [3.63, 3.8) is 0 Å². The Bertz CT molecular complexity index is 1120. The Kier molecular flexibility index (Phi) is 5.12. The molecular weight excluding hydrogens is 372 g/mol. The number of aromatic nitrogens is 5. The molecule has 0 amide bonds. The van der Waals surface area contributed by atoms with Crippen LogP contribution in [0.25, 0.3) is 16.9 Å². The number of fused-ring (bicyclic) bond motifs is 1. The zero-order valence-electron chi connectivity index (χ0n) is 15.7. The SMILES string of the molecule is CCc1cnn2c(NCc3ccc(-c4ccccn4)cc3)nc(S(C)=O)nc12. The molecule has 7 nitrogen and oxygen atoms in total. The first kappa shape index (κ1) is 18.2. The highest BCUT2D eigenvalue weighted by Gasteiger charge is 2.14. The highest BCUT2D eigenvalue weighted by atomic mass is 32.2. The van der Waals surface area contributed by atoms with E-state index in [2.05, 4.69) is 37.5 Å². The van der Waals surface area contributed by atoms with Crippen LogP contribution in [-0.2, 0) is 23.8 Å². The van der Waals surface area contributed by atoms with Crippen molar-refractivity contribution in [3.05, 3.63) is 66.0 Å². The lowest BCUT2D eigenvalue weighted by atomic mass is 10.1. The lowest BCUT2D eigenvalue weighted by Gasteiger charge is -2.09. The van der Waals surface area contributed by atoms with E-state index in [1.165, 1.54) is 0 Å². The van der Waals surface area contributed by atoms with Crippen LogP contribution in [0.1, 0.15) is 18.1 Å². The number of nitrogens with zero attached hydrogens (tertiary/aromatic N) is 5. The van der Waals surface area contributed by atoms with Gasteiger partial charge in [-0.3, -0.25) is 9.19 Å². The van der Waals surface area contributed by atoms with E-state index in [0.29, 0.717) is 23.3 Å². The number of hydrogen-bond acceptors (Lipinski definition) is 6. The largest absolute Gasteiger partial charge is 0.350 e. The van der Waals surface area contributed by atoms with Gasteiger partial charge in [0.25, 0.3) is 0 Å². The molecule has 0 aliphatic heterocycles. The highest BCUT2D eigenvalue weighted by molar-refractivity contribution is 7.84. The second-order valence-corrected chi connectivity index (χ2v) is 7.58. The van der Waals surface area contributed by atoms with Gasteiger partial charge >= 0.3 is 0 Å². The molecule has 0 aliphatic rings. The molecule has 28 heavy (non-hydrogen) atoms. The summed E-state index contributed by atoms with van der Waals surface area (Å²) in [6.45, 7) is 2.60. The maximum atomic E-state index is 11.9. The Balaban J connectivity index is 1.58. The quantitative estimate of drug-likeness (QED) is 0.543. The van der Waals surface area contributed by atoms with Crippen LogP contribution >= 0.6 is 0 Å². The molecular formula is C20H20N6OS. The van der Waals surface area contributed by atoms with E-state index < -0.39 is 10.8 Å². The lowest BCUT2D eigenvalue weighted by Crippen LogP contribution is -2.11. The van der Waals surface area contributed by atoms with Crippen LogP contribution in [0.2, 0.25) is 0 Å². The summed E-state index contributed by atoms with van der Waals surface area (Å²) in [6.07, 6.45) is 5.94. The van der Waals surface area contributed by atoms with Crippen LogP contribution in [0.4, 0.5) is 5.95 Å². The molecule has 142 valence electrons. The number of rotatable bonds is 6. The molecule has 0 spiro atoms. The molecule has 3 aromatic heterocycles. The Morgan fingerprint density at radius 2 is 1.93 bits per heavy atom. The van der Waals surface area contributed by atoms with Gasteiger partial charge in [-0.05, 0) is 24.1 Å². The molecule has 8 heteroatoms. The number of benzene rings is 1. The third kappa shape index (κ3) is 3.63. The maximum Gasteiger partial charge on any atom is 0.228 e. The van der Waals surface area contributed by atoms with Crippen LogP contribution in [0, 0.1) is 0 Å². The van der Waals surface area contributed by atoms with Crippen molar-refractivity contribution in [2.45, 2.75) is 25.0 Å². The van der Waals surface area contributed by atoms with Crippen LogP contribution in [0.15, 0.2) is 60.0 Å². The number of hydrogen-bond donors (Lipinski definition) is 1. The Hall–Kier alpha value is -3.13. The molecule has 1 N–H and O–H groups in total. The standard InChI is InChI=1S/C20H20N6OS/c1-3-15-13-23-26-18(15)24-20(28(2)27)25-19(26)22-12-14-7-9-16(10-8-14)17-6-4-5-11-21-17/h4-11,13H,3,12H2,1-2H3,(H,22,24,25). The first-order chi connectivity index (χ1) is 13.7. The highest BCUT2D eigenvalue weighted by Crippen LogP contribution is 2.19. The molecule has 4 aromatic rings. The van der Waals surface area contributed by atoms with Gasteiger partial charge in [0.2, 0.25) is 11.1 Å². The van der Waals surface area contributed by atoms with Gasteiger partial charge in [0, 0.05) is 30.1 Å². The van der Waals surface area contributed by atoms with E-state index in [1.54, 1.807) is 23.2 Å². The molecule has 4 rings (SSSR count). The van der Waals surface area contributed by atoms with Gasteiger partial charge in [0.05, 0.1) is 22.7 Å². The van der Waals surface area contributed by atoms with Gasteiger partial charge in [-0.1, -0.05) is 37.3 Å². The summed E-state index contributed by atoms with van der Waals surface area (Å²) < 4.78 is 13.6. The summed E-state index contributed by atoms with van der Waals surface area (Å²) in [6, 6.07) is 14.1. The van der Waals surface area contributed by atoms with Crippen LogP contribution < -0.4 is 5.32 Å². The summed E-state index contributed by atoms with van der Waals surface area (Å²) in [5, 5.41) is 7.97. The predicted molar refractivity (Wildman–Crippen MR) is 109 cm³/mol. The van der Waals surface area contributed by atoms with Crippen molar-refractivity contribution in [3.8, 4) is 11.3 Å². The predicted octanol–water partition coefficient (Wildman–Crippen LogP) is 3.10. The van der Waals surface area contributed by atoms with Gasteiger partial charge in [-0.15, -0.1) is 0 Å². The number of anilines is 1. The van der Waals surface area contributed by atoms with Crippen molar-refractivity contribution >= 4 is 22.4 Å². The van der Waals surface area contributed by atoms with Crippen molar-refractivity contribution < 1.29 is 4.21 Å². The zero-order valence-corrected chi connectivity index (χ0v) is 16.5. The van der Waals surface area contributed by atoms with E-state index in [-0.39, 0.29) is 0 Å². The van der Waals surface area contributed by atoms with Crippen molar-refractivity contribution in [1.29, 1.82) is 0 Å². The van der Waals surface area contributed by atoms with Gasteiger partial charge in [0.1, 0.15) is 0 Å². The summed E-state index contributed by atoms with van der Waals surface area (Å²) in [5.41, 5.74) is 4.79. The smallest absolute Gasteiger partial charge is 0.228 e. The molecule has 1 unspecified atom stereocenters. The average Bonchev–Trinajstić information content (AvgIpc) is 3.16.